The fourth-order valence-corrected chi connectivity index (χ4v) is 3.37. The van der Waals surface area contributed by atoms with Gasteiger partial charge in [0, 0.05) is 44.4 Å². The van der Waals surface area contributed by atoms with Gasteiger partial charge in [-0.25, -0.2) is 0 Å². The summed E-state index contributed by atoms with van der Waals surface area (Å²) in [6, 6.07) is 4.57. The molecule has 0 atom stereocenters. The first-order chi connectivity index (χ1) is 13.5. The minimum Gasteiger partial charge on any atom is -0.434 e. The largest absolute Gasteiger partial charge is 0.434 e. The van der Waals surface area contributed by atoms with Crippen LogP contribution in [0.3, 0.4) is 0 Å². The van der Waals surface area contributed by atoms with Crippen LogP contribution < -0.4 is 15.4 Å². The highest BCUT2D eigenvalue weighted by Gasteiger charge is 2.19. The summed E-state index contributed by atoms with van der Waals surface area (Å²) in [5.41, 5.74) is 0.544. The lowest BCUT2D eigenvalue weighted by Crippen LogP contribution is -2.43. The first-order valence-electron chi connectivity index (χ1n) is 9.41. The number of ether oxygens (including phenoxy) is 2. The second-order valence-electron chi connectivity index (χ2n) is 6.72. The van der Waals surface area contributed by atoms with Gasteiger partial charge in [0.25, 0.3) is 0 Å². The molecule has 1 aliphatic rings. The molecular weight excluding hydrogens is 517 g/mol. The number of alkyl halides is 2. The maximum atomic E-state index is 12.6. The van der Waals surface area contributed by atoms with E-state index in [0.29, 0.717) is 22.5 Å². The van der Waals surface area contributed by atoms with Crippen LogP contribution in [0.25, 0.3) is 0 Å². The molecule has 6 nitrogen and oxygen atoms in total. The molecule has 10 heteroatoms. The lowest BCUT2D eigenvalue weighted by molar-refractivity contribution is -0.0504. The minimum atomic E-state index is -2.88. The van der Waals surface area contributed by atoms with Crippen molar-refractivity contribution in [3.63, 3.8) is 0 Å². The van der Waals surface area contributed by atoms with Crippen LogP contribution in [-0.2, 0) is 11.3 Å². The van der Waals surface area contributed by atoms with Crippen molar-refractivity contribution in [2.45, 2.75) is 26.0 Å². The van der Waals surface area contributed by atoms with Gasteiger partial charge in [0.05, 0.1) is 6.61 Å². The van der Waals surface area contributed by atoms with Crippen LogP contribution in [0.4, 0.5) is 8.78 Å². The van der Waals surface area contributed by atoms with Gasteiger partial charge >= 0.3 is 6.61 Å². The SMILES string of the molecule is CN=C(NCc1cc(Cl)ccc1OC(F)F)NCC1CCN(CCOC)CC1.I. The molecule has 0 spiro atoms. The van der Waals surface area contributed by atoms with Gasteiger partial charge in [-0.15, -0.1) is 24.0 Å². The van der Waals surface area contributed by atoms with E-state index >= 15 is 0 Å². The molecule has 1 aromatic carbocycles. The van der Waals surface area contributed by atoms with Crippen molar-refractivity contribution in [1.82, 2.24) is 15.5 Å². The molecule has 0 aliphatic carbocycles. The van der Waals surface area contributed by atoms with E-state index in [4.69, 9.17) is 16.3 Å². The molecule has 29 heavy (non-hydrogen) atoms. The average Bonchev–Trinajstić information content (AvgIpc) is 2.69. The Labute approximate surface area is 193 Å². The topological polar surface area (TPSA) is 58.1 Å². The maximum absolute atomic E-state index is 12.6. The van der Waals surface area contributed by atoms with E-state index in [1.54, 1.807) is 20.2 Å². The number of hydrogen-bond acceptors (Lipinski definition) is 4. The molecule has 0 radical (unpaired) electrons. The first-order valence-corrected chi connectivity index (χ1v) is 9.78. The fourth-order valence-electron chi connectivity index (χ4n) is 3.17. The van der Waals surface area contributed by atoms with Gasteiger partial charge in [-0.2, -0.15) is 8.78 Å². The summed E-state index contributed by atoms with van der Waals surface area (Å²) >= 11 is 5.98. The zero-order chi connectivity index (χ0) is 20.4. The molecule has 0 amide bonds. The third-order valence-electron chi connectivity index (χ3n) is 4.79. The normalized spacial score (nSPS) is 15.9. The second-order valence-corrected chi connectivity index (χ2v) is 7.15. The maximum Gasteiger partial charge on any atom is 0.387 e. The second kappa shape index (κ2) is 14.2. The molecule has 0 saturated carbocycles. The van der Waals surface area contributed by atoms with Gasteiger partial charge < -0.3 is 25.0 Å². The summed E-state index contributed by atoms with van der Waals surface area (Å²) < 4.78 is 34.8. The Bertz CT molecular complexity index is 632. The van der Waals surface area contributed by atoms with E-state index in [1.807, 2.05) is 0 Å². The van der Waals surface area contributed by atoms with E-state index in [0.717, 1.165) is 45.6 Å². The summed E-state index contributed by atoms with van der Waals surface area (Å²) in [5.74, 6) is 1.29. The summed E-state index contributed by atoms with van der Waals surface area (Å²) in [6.45, 7) is 2.08. The van der Waals surface area contributed by atoms with E-state index < -0.39 is 6.61 Å². The van der Waals surface area contributed by atoms with Crippen molar-refractivity contribution >= 4 is 41.5 Å². The van der Waals surface area contributed by atoms with E-state index in [-0.39, 0.29) is 36.3 Å². The standard InChI is InChI=1S/C19H29ClF2N4O2.HI/c1-23-19(24-12-14-5-7-26(8-6-14)9-10-27-2)25-13-15-11-16(20)3-4-17(15)28-18(21)22;/h3-4,11,14,18H,5-10,12-13H2,1-2H3,(H2,23,24,25);1H. The number of guanidine groups is 1. The highest BCUT2D eigenvalue weighted by atomic mass is 127. The molecule has 0 bridgehead atoms. The number of benzene rings is 1. The highest BCUT2D eigenvalue weighted by molar-refractivity contribution is 14.0. The average molecular weight is 547 g/mol. The third-order valence-corrected chi connectivity index (χ3v) is 5.02. The number of nitrogens with zero attached hydrogens (tertiary/aromatic N) is 2. The van der Waals surface area contributed by atoms with Crippen molar-refractivity contribution < 1.29 is 18.3 Å². The van der Waals surface area contributed by atoms with E-state index in [2.05, 4.69) is 25.3 Å². The Morgan fingerprint density at radius 3 is 2.66 bits per heavy atom. The predicted molar refractivity (Wildman–Crippen MR) is 123 cm³/mol. The van der Waals surface area contributed by atoms with Crippen LogP contribution in [0.2, 0.25) is 5.02 Å². The van der Waals surface area contributed by atoms with E-state index in [9.17, 15) is 8.78 Å². The van der Waals surface area contributed by atoms with Crippen LogP contribution in [0.15, 0.2) is 23.2 Å². The number of hydrogen-bond donors (Lipinski definition) is 2. The van der Waals surface area contributed by atoms with Gasteiger partial charge in [0.15, 0.2) is 5.96 Å². The van der Waals surface area contributed by atoms with Crippen molar-refractivity contribution in [3.8, 4) is 5.75 Å². The summed E-state index contributed by atoms with van der Waals surface area (Å²) in [5, 5.41) is 6.91. The molecule has 1 fully saturated rings. The molecule has 166 valence electrons. The molecular formula is C19H30ClF2IN4O2. The Kier molecular flexibility index (Phi) is 12.8. The minimum absolute atomic E-state index is 0. The molecule has 0 unspecified atom stereocenters. The van der Waals surface area contributed by atoms with Crippen LogP contribution >= 0.6 is 35.6 Å². The van der Waals surface area contributed by atoms with E-state index in [1.165, 1.54) is 12.1 Å². The number of likely N-dealkylation sites (tertiary alicyclic amines) is 1. The molecule has 1 aromatic rings. The number of methoxy groups -OCH3 is 1. The Morgan fingerprint density at radius 2 is 2.03 bits per heavy atom. The Hall–Kier alpha value is -0.910. The van der Waals surface area contributed by atoms with Crippen LogP contribution in [0, 0.1) is 5.92 Å². The van der Waals surface area contributed by atoms with Crippen molar-refractivity contribution in [2.24, 2.45) is 10.9 Å². The van der Waals surface area contributed by atoms with Crippen molar-refractivity contribution in [2.75, 3.05) is 46.9 Å². The number of nitrogens with one attached hydrogen (secondary N) is 2. The van der Waals surface area contributed by atoms with Crippen LogP contribution in [-0.4, -0.2) is 64.4 Å². The van der Waals surface area contributed by atoms with Crippen LogP contribution in [0.5, 0.6) is 5.75 Å². The van der Waals surface area contributed by atoms with Gasteiger partial charge in [0.1, 0.15) is 5.75 Å². The summed E-state index contributed by atoms with van der Waals surface area (Å²) in [6.07, 6.45) is 2.24. The predicted octanol–water partition coefficient (Wildman–Crippen LogP) is 3.58. The zero-order valence-electron chi connectivity index (χ0n) is 16.8. The molecule has 1 aliphatic heterocycles. The first kappa shape index (κ1) is 26.1. The Balaban J connectivity index is 0.00000420. The molecule has 1 saturated heterocycles. The van der Waals surface area contributed by atoms with Crippen molar-refractivity contribution in [3.05, 3.63) is 28.8 Å². The number of aliphatic imine (C=N–C) groups is 1. The smallest absolute Gasteiger partial charge is 0.387 e. The third kappa shape index (κ3) is 9.63. The summed E-state index contributed by atoms with van der Waals surface area (Å²) in [4.78, 5) is 6.61. The summed E-state index contributed by atoms with van der Waals surface area (Å²) in [7, 11) is 3.40. The van der Waals surface area contributed by atoms with Gasteiger partial charge in [-0.05, 0) is 50.0 Å². The molecule has 1 heterocycles. The number of rotatable bonds is 9. The zero-order valence-corrected chi connectivity index (χ0v) is 19.9. The van der Waals surface area contributed by atoms with Crippen LogP contribution in [0.1, 0.15) is 18.4 Å². The van der Waals surface area contributed by atoms with Gasteiger partial charge in [-0.1, -0.05) is 11.6 Å². The Morgan fingerprint density at radius 1 is 1.31 bits per heavy atom. The quantitative estimate of drug-likeness (QED) is 0.282. The fraction of sp³-hybridized carbons (Fsp3) is 0.632. The lowest BCUT2D eigenvalue weighted by atomic mass is 9.97. The van der Waals surface area contributed by atoms with Crippen molar-refractivity contribution in [1.29, 1.82) is 0 Å². The van der Waals surface area contributed by atoms with Gasteiger partial charge in [-0.3, -0.25) is 4.99 Å². The molecule has 0 aromatic heterocycles. The monoisotopic (exact) mass is 546 g/mol. The molecule has 2 rings (SSSR count). The molecule has 2 N–H and O–H groups in total. The number of piperidine rings is 1. The highest BCUT2D eigenvalue weighted by Crippen LogP contribution is 2.24. The lowest BCUT2D eigenvalue weighted by Gasteiger charge is -2.32. The van der Waals surface area contributed by atoms with Gasteiger partial charge in [0.2, 0.25) is 0 Å². The number of halogens is 4.